The van der Waals surface area contributed by atoms with Crippen LogP contribution in [0.4, 0.5) is 0 Å². The first kappa shape index (κ1) is 11.3. The van der Waals surface area contributed by atoms with Gasteiger partial charge in [0.05, 0.1) is 6.04 Å². The molecule has 0 aromatic rings. The van der Waals surface area contributed by atoms with Gasteiger partial charge < -0.3 is 9.80 Å². The second-order valence-corrected chi connectivity index (χ2v) is 5.60. The molecule has 1 atom stereocenters. The number of amides is 1. The van der Waals surface area contributed by atoms with Gasteiger partial charge in [-0.25, -0.2) is 0 Å². The normalized spacial score (nSPS) is 28.3. The highest BCUT2D eigenvalue weighted by Gasteiger charge is 2.27. The molecule has 2 rings (SSSR count). The molecule has 0 N–H and O–H groups in total. The van der Waals surface area contributed by atoms with Gasteiger partial charge in [0.15, 0.2) is 0 Å². The Bertz CT molecular complexity index is 229. The molecular formula is C11H20N2OS. The molecule has 2 aliphatic heterocycles. The second-order valence-electron chi connectivity index (χ2n) is 4.45. The lowest BCUT2D eigenvalue weighted by atomic mass is 10.2. The van der Waals surface area contributed by atoms with E-state index >= 15 is 0 Å². The van der Waals surface area contributed by atoms with Crippen molar-refractivity contribution in [1.82, 2.24) is 9.80 Å². The Morgan fingerprint density at radius 1 is 1.33 bits per heavy atom. The van der Waals surface area contributed by atoms with Crippen molar-refractivity contribution in [1.29, 1.82) is 0 Å². The third-order valence-corrected chi connectivity index (χ3v) is 4.39. The maximum atomic E-state index is 11.5. The quantitative estimate of drug-likeness (QED) is 0.706. The number of rotatable bonds is 2. The number of hydrogen-bond acceptors (Lipinski definition) is 3. The minimum Gasteiger partial charge on any atom is -0.337 e. The van der Waals surface area contributed by atoms with Gasteiger partial charge in [-0.2, -0.15) is 11.8 Å². The number of likely N-dealkylation sites (tertiary alicyclic amines) is 1. The largest absolute Gasteiger partial charge is 0.337 e. The van der Waals surface area contributed by atoms with Gasteiger partial charge >= 0.3 is 0 Å². The average molecular weight is 228 g/mol. The summed E-state index contributed by atoms with van der Waals surface area (Å²) in [5, 5.41) is 0. The van der Waals surface area contributed by atoms with Crippen molar-refractivity contribution in [3.63, 3.8) is 0 Å². The summed E-state index contributed by atoms with van der Waals surface area (Å²) >= 11 is 1.99. The smallest absolute Gasteiger partial charge is 0.219 e. The van der Waals surface area contributed by atoms with E-state index in [1.165, 1.54) is 25.9 Å². The van der Waals surface area contributed by atoms with Crippen molar-refractivity contribution in [2.75, 3.05) is 37.7 Å². The fourth-order valence-electron chi connectivity index (χ4n) is 2.48. The lowest BCUT2D eigenvalue weighted by Crippen LogP contribution is -2.50. The number of hydrogen-bond donors (Lipinski definition) is 0. The molecule has 0 spiro atoms. The molecule has 1 amide bonds. The molecule has 0 saturated carbocycles. The van der Waals surface area contributed by atoms with Gasteiger partial charge in [0.1, 0.15) is 0 Å². The molecule has 2 fully saturated rings. The summed E-state index contributed by atoms with van der Waals surface area (Å²) in [6, 6.07) is 0.458. The van der Waals surface area contributed by atoms with E-state index in [1.54, 1.807) is 6.92 Å². The van der Waals surface area contributed by atoms with Crippen LogP contribution in [-0.4, -0.2) is 59.4 Å². The fourth-order valence-corrected chi connectivity index (χ4v) is 3.53. The van der Waals surface area contributed by atoms with Crippen LogP contribution in [0.2, 0.25) is 0 Å². The van der Waals surface area contributed by atoms with Gasteiger partial charge in [-0.1, -0.05) is 0 Å². The molecule has 0 aromatic carbocycles. The minimum absolute atomic E-state index is 0.250. The van der Waals surface area contributed by atoms with E-state index in [1.807, 2.05) is 11.8 Å². The Kier molecular flexibility index (Phi) is 3.92. The molecule has 3 nitrogen and oxygen atoms in total. The summed E-state index contributed by atoms with van der Waals surface area (Å²) < 4.78 is 0. The Balaban J connectivity index is 1.89. The van der Waals surface area contributed by atoms with Crippen molar-refractivity contribution in [2.45, 2.75) is 25.8 Å². The van der Waals surface area contributed by atoms with Crippen molar-refractivity contribution in [3.05, 3.63) is 0 Å². The van der Waals surface area contributed by atoms with E-state index in [0.29, 0.717) is 6.04 Å². The van der Waals surface area contributed by atoms with Crippen LogP contribution in [0.5, 0.6) is 0 Å². The standard InChI is InChI=1S/C11H20N2OS/c1-10(14)13-6-7-15-9-11(13)8-12-4-2-3-5-12/h11H,2-9H2,1H3. The maximum absolute atomic E-state index is 11.5. The Morgan fingerprint density at radius 3 is 2.73 bits per heavy atom. The van der Waals surface area contributed by atoms with E-state index in [9.17, 15) is 4.79 Å². The van der Waals surface area contributed by atoms with Gasteiger partial charge in [0.25, 0.3) is 0 Å². The second kappa shape index (κ2) is 5.21. The first-order valence-corrected chi connectivity index (χ1v) is 7.00. The monoisotopic (exact) mass is 228 g/mol. The van der Waals surface area contributed by atoms with E-state index in [2.05, 4.69) is 9.80 Å². The van der Waals surface area contributed by atoms with Crippen LogP contribution >= 0.6 is 11.8 Å². The highest BCUT2D eigenvalue weighted by atomic mass is 32.2. The molecule has 86 valence electrons. The fraction of sp³-hybridized carbons (Fsp3) is 0.909. The number of thioether (sulfide) groups is 1. The Hall–Kier alpha value is -0.220. The Labute approximate surface area is 96.2 Å². The highest BCUT2D eigenvalue weighted by Crippen LogP contribution is 2.19. The number of carbonyl (C=O) groups is 1. The average Bonchev–Trinajstić information content (AvgIpc) is 2.71. The van der Waals surface area contributed by atoms with Crippen molar-refractivity contribution >= 4 is 17.7 Å². The third-order valence-electron chi connectivity index (χ3n) is 3.30. The van der Waals surface area contributed by atoms with Gasteiger partial charge in [0, 0.05) is 31.5 Å². The zero-order valence-electron chi connectivity index (χ0n) is 9.45. The van der Waals surface area contributed by atoms with Gasteiger partial charge in [-0.15, -0.1) is 0 Å². The molecule has 1 unspecified atom stereocenters. The first-order valence-electron chi connectivity index (χ1n) is 5.84. The highest BCUT2D eigenvalue weighted by molar-refractivity contribution is 7.99. The molecule has 15 heavy (non-hydrogen) atoms. The van der Waals surface area contributed by atoms with Crippen LogP contribution in [0, 0.1) is 0 Å². The van der Waals surface area contributed by atoms with E-state index in [0.717, 1.165) is 24.6 Å². The number of nitrogens with zero attached hydrogens (tertiary/aromatic N) is 2. The van der Waals surface area contributed by atoms with Crippen LogP contribution < -0.4 is 0 Å². The predicted octanol–water partition coefficient (Wildman–Crippen LogP) is 1.05. The van der Waals surface area contributed by atoms with Crippen molar-refractivity contribution in [2.24, 2.45) is 0 Å². The van der Waals surface area contributed by atoms with E-state index in [4.69, 9.17) is 0 Å². The first-order chi connectivity index (χ1) is 7.27. The molecule has 2 aliphatic rings. The molecule has 0 aromatic heterocycles. The zero-order valence-corrected chi connectivity index (χ0v) is 10.3. The molecule has 0 radical (unpaired) electrons. The molecule has 2 saturated heterocycles. The molecule has 4 heteroatoms. The summed E-state index contributed by atoms with van der Waals surface area (Å²) in [5.74, 6) is 2.48. The lowest BCUT2D eigenvalue weighted by molar-refractivity contribution is -0.130. The molecular weight excluding hydrogens is 208 g/mol. The minimum atomic E-state index is 0.250. The Morgan fingerprint density at radius 2 is 2.07 bits per heavy atom. The van der Waals surface area contributed by atoms with Crippen LogP contribution in [0.3, 0.4) is 0 Å². The topological polar surface area (TPSA) is 23.6 Å². The third kappa shape index (κ3) is 2.88. The summed E-state index contributed by atoms with van der Waals surface area (Å²) in [6.07, 6.45) is 2.67. The van der Waals surface area contributed by atoms with Gasteiger partial charge in [-0.3, -0.25) is 4.79 Å². The van der Waals surface area contributed by atoms with Crippen LogP contribution in [0.1, 0.15) is 19.8 Å². The molecule has 0 bridgehead atoms. The lowest BCUT2D eigenvalue weighted by Gasteiger charge is -2.36. The molecule has 2 heterocycles. The van der Waals surface area contributed by atoms with Crippen molar-refractivity contribution in [3.8, 4) is 0 Å². The SMILES string of the molecule is CC(=O)N1CCSCC1CN1CCCC1. The van der Waals surface area contributed by atoms with E-state index in [-0.39, 0.29) is 5.91 Å². The number of carbonyl (C=O) groups excluding carboxylic acids is 1. The maximum Gasteiger partial charge on any atom is 0.219 e. The van der Waals surface area contributed by atoms with Crippen LogP contribution in [-0.2, 0) is 4.79 Å². The van der Waals surface area contributed by atoms with E-state index < -0.39 is 0 Å². The molecule has 0 aliphatic carbocycles. The van der Waals surface area contributed by atoms with Gasteiger partial charge in [0.2, 0.25) is 5.91 Å². The van der Waals surface area contributed by atoms with Crippen LogP contribution in [0.15, 0.2) is 0 Å². The predicted molar refractivity (Wildman–Crippen MR) is 64.2 cm³/mol. The summed E-state index contributed by atoms with van der Waals surface area (Å²) in [5.41, 5.74) is 0. The zero-order chi connectivity index (χ0) is 10.7. The van der Waals surface area contributed by atoms with Crippen molar-refractivity contribution < 1.29 is 4.79 Å². The van der Waals surface area contributed by atoms with Gasteiger partial charge in [-0.05, 0) is 25.9 Å². The summed E-state index contributed by atoms with van der Waals surface area (Å²) in [4.78, 5) is 16.1. The summed E-state index contributed by atoms with van der Waals surface area (Å²) in [7, 11) is 0. The van der Waals surface area contributed by atoms with Crippen LogP contribution in [0.25, 0.3) is 0 Å². The summed E-state index contributed by atoms with van der Waals surface area (Å²) in [6.45, 7) is 6.19.